The molecule has 0 radical (unpaired) electrons. The number of benzene rings is 1. The lowest BCUT2D eigenvalue weighted by atomic mass is 10.2. The zero-order chi connectivity index (χ0) is 15.2. The molecule has 110 valence electrons. The number of aromatic carboxylic acids is 1. The van der Waals surface area contributed by atoms with Crippen molar-refractivity contribution in [2.45, 2.75) is 12.1 Å². The van der Waals surface area contributed by atoms with Gasteiger partial charge >= 0.3 is 5.97 Å². The Hall–Kier alpha value is -2.28. The second kappa shape index (κ2) is 6.94. The minimum Gasteiger partial charge on any atom is -0.492 e. The van der Waals surface area contributed by atoms with Gasteiger partial charge in [0.15, 0.2) is 5.16 Å². The number of nitrogens with zero attached hydrogens (tertiary/aromatic N) is 1. The monoisotopic (exact) mass is 306 g/mol. The Kier molecular flexibility index (Phi) is 4.99. The summed E-state index contributed by atoms with van der Waals surface area (Å²) < 4.78 is 5.46. The van der Waals surface area contributed by atoms with Gasteiger partial charge in [-0.3, -0.25) is 4.79 Å². The molecule has 2 aromatic rings. The minimum absolute atomic E-state index is 0.129. The Bertz CT molecular complexity index is 699. The van der Waals surface area contributed by atoms with Gasteiger partial charge in [0.1, 0.15) is 11.3 Å². The number of para-hydroxylation sites is 1. The van der Waals surface area contributed by atoms with Crippen LogP contribution in [0.25, 0.3) is 0 Å². The van der Waals surface area contributed by atoms with Crippen LogP contribution in [0, 0.1) is 6.92 Å². The van der Waals surface area contributed by atoms with Crippen molar-refractivity contribution in [1.82, 2.24) is 9.97 Å². The van der Waals surface area contributed by atoms with Gasteiger partial charge in [-0.15, -0.1) is 0 Å². The van der Waals surface area contributed by atoms with Crippen LogP contribution in [-0.2, 0) is 0 Å². The third-order valence-electron chi connectivity index (χ3n) is 2.55. The van der Waals surface area contributed by atoms with E-state index in [4.69, 9.17) is 9.84 Å². The van der Waals surface area contributed by atoms with Gasteiger partial charge in [-0.05, 0) is 19.1 Å². The maximum Gasteiger partial charge on any atom is 0.339 e. The van der Waals surface area contributed by atoms with E-state index in [1.807, 2.05) is 0 Å². The van der Waals surface area contributed by atoms with Crippen LogP contribution in [0.15, 0.2) is 40.3 Å². The lowest BCUT2D eigenvalue weighted by Gasteiger charge is -2.08. The van der Waals surface area contributed by atoms with Crippen LogP contribution in [0.2, 0.25) is 0 Å². The van der Waals surface area contributed by atoms with Crippen molar-refractivity contribution in [2.75, 3.05) is 12.4 Å². The topological polar surface area (TPSA) is 92.3 Å². The molecule has 2 N–H and O–H groups in total. The van der Waals surface area contributed by atoms with E-state index in [1.165, 1.54) is 23.9 Å². The number of thioether (sulfide) groups is 1. The molecule has 0 bridgehead atoms. The normalized spacial score (nSPS) is 10.3. The Labute approximate surface area is 125 Å². The Balaban J connectivity index is 1.90. The first-order valence-corrected chi connectivity index (χ1v) is 7.20. The highest BCUT2D eigenvalue weighted by molar-refractivity contribution is 7.99. The first-order valence-electron chi connectivity index (χ1n) is 6.22. The summed E-state index contributed by atoms with van der Waals surface area (Å²) in [5.41, 5.74) is 0.588. The molecule has 1 aromatic carbocycles. The molecule has 1 aromatic heterocycles. The minimum atomic E-state index is -1.03. The third kappa shape index (κ3) is 4.35. The Morgan fingerprint density at radius 3 is 2.90 bits per heavy atom. The predicted octanol–water partition coefficient (Wildman–Crippen LogP) is 1.95. The number of nitrogens with one attached hydrogen (secondary N) is 1. The van der Waals surface area contributed by atoms with Crippen LogP contribution < -0.4 is 10.3 Å². The Morgan fingerprint density at radius 1 is 1.43 bits per heavy atom. The molecule has 0 spiro atoms. The van der Waals surface area contributed by atoms with Crippen molar-refractivity contribution in [2.24, 2.45) is 0 Å². The average molecular weight is 306 g/mol. The van der Waals surface area contributed by atoms with E-state index < -0.39 is 5.97 Å². The zero-order valence-electron chi connectivity index (χ0n) is 11.3. The summed E-state index contributed by atoms with van der Waals surface area (Å²) >= 11 is 1.34. The molecule has 1 heterocycles. The molecule has 0 aliphatic carbocycles. The van der Waals surface area contributed by atoms with E-state index in [-0.39, 0.29) is 11.1 Å². The van der Waals surface area contributed by atoms with Gasteiger partial charge in [0, 0.05) is 17.5 Å². The fourth-order valence-corrected chi connectivity index (χ4v) is 2.42. The summed E-state index contributed by atoms with van der Waals surface area (Å²) in [5, 5.41) is 9.55. The number of hydrogen-bond acceptors (Lipinski definition) is 5. The maximum atomic E-state index is 11.3. The molecule has 0 unspecified atom stereocenters. The number of aromatic amines is 1. The standard InChI is InChI=1S/C14H14N2O4S/c1-9-8-12(17)16-14(15-9)21-7-6-20-11-5-3-2-4-10(11)13(18)19/h2-5,8H,6-7H2,1H3,(H,18,19)(H,15,16,17). The fourth-order valence-electron chi connectivity index (χ4n) is 1.68. The molecule has 0 fully saturated rings. The van der Waals surface area contributed by atoms with Crippen LogP contribution in [0.4, 0.5) is 0 Å². The molecule has 0 atom stereocenters. The van der Waals surface area contributed by atoms with Crippen molar-refractivity contribution in [3.63, 3.8) is 0 Å². The summed E-state index contributed by atoms with van der Waals surface area (Å²) in [4.78, 5) is 29.1. The van der Waals surface area contributed by atoms with Crippen LogP contribution in [0.1, 0.15) is 16.1 Å². The molecule has 21 heavy (non-hydrogen) atoms. The largest absolute Gasteiger partial charge is 0.492 e. The second-order valence-corrected chi connectivity index (χ2v) is 5.27. The van der Waals surface area contributed by atoms with Gasteiger partial charge < -0.3 is 14.8 Å². The molecule has 0 aliphatic rings. The number of H-pyrrole nitrogens is 1. The van der Waals surface area contributed by atoms with Gasteiger partial charge in [-0.1, -0.05) is 23.9 Å². The van der Waals surface area contributed by atoms with Gasteiger partial charge in [0.25, 0.3) is 5.56 Å². The summed E-state index contributed by atoms with van der Waals surface area (Å²) in [6.45, 7) is 2.06. The van der Waals surface area contributed by atoms with Crippen LogP contribution in [0.3, 0.4) is 0 Å². The molecular formula is C14H14N2O4S. The first-order chi connectivity index (χ1) is 10.1. The summed E-state index contributed by atoms with van der Waals surface area (Å²) in [7, 11) is 0. The maximum absolute atomic E-state index is 11.3. The second-order valence-electron chi connectivity index (χ2n) is 4.19. The SMILES string of the molecule is Cc1cc(=O)[nH]c(SCCOc2ccccc2C(=O)O)n1. The number of hydrogen-bond donors (Lipinski definition) is 2. The zero-order valence-corrected chi connectivity index (χ0v) is 12.1. The molecule has 0 amide bonds. The molecule has 0 saturated carbocycles. The fraction of sp³-hybridized carbons (Fsp3) is 0.214. The lowest BCUT2D eigenvalue weighted by molar-refractivity contribution is 0.0692. The number of carboxylic acids is 1. The van der Waals surface area contributed by atoms with Crippen molar-refractivity contribution >= 4 is 17.7 Å². The van der Waals surface area contributed by atoms with Gasteiger partial charge in [0.2, 0.25) is 0 Å². The number of rotatable bonds is 6. The number of ether oxygens (including phenoxy) is 1. The number of aryl methyl sites for hydroxylation is 1. The Morgan fingerprint density at radius 2 is 2.19 bits per heavy atom. The average Bonchev–Trinajstić information content (AvgIpc) is 2.43. The van der Waals surface area contributed by atoms with E-state index in [0.717, 1.165) is 0 Å². The van der Waals surface area contributed by atoms with Crippen LogP contribution in [0.5, 0.6) is 5.75 Å². The summed E-state index contributed by atoms with van der Waals surface area (Å²) in [6.07, 6.45) is 0. The number of carboxylic acid groups (broad SMARTS) is 1. The van der Waals surface area contributed by atoms with Gasteiger partial charge in [-0.25, -0.2) is 9.78 Å². The molecule has 0 aliphatic heterocycles. The third-order valence-corrected chi connectivity index (χ3v) is 3.38. The highest BCUT2D eigenvalue weighted by Crippen LogP contribution is 2.18. The molecular weight excluding hydrogens is 292 g/mol. The van der Waals surface area contributed by atoms with E-state index in [9.17, 15) is 9.59 Å². The van der Waals surface area contributed by atoms with Crippen molar-refractivity contribution < 1.29 is 14.6 Å². The molecule has 0 saturated heterocycles. The summed E-state index contributed by atoms with van der Waals surface area (Å²) in [6, 6.07) is 7.88. The summed E-state index contributed by atoms with van der Waals surface area (Å²) in [5.74, 6) is -0.153. The van der Waals surface area contributed by atoms with Gasteiger partial charge in [0.05, 0.1) is 6.61 Å². The van der Waals surface area contributed by atoms with Crippen molar-refractivity contribution in [3.8, 4) is 5.75 Å². The van der Waals surface area contributed by atoms with E-state index in [1.54, 1.807) is 25.1 Å². The van der Waals surface area contributed by atoms with Crippen LogP contribution in [-0.4, -0.2) is 33.4 Å². The van der Waals surface area contributed by atoms with E-state index in [2.05, 4.69) is 9.97 Å². The number of carbonyl (C=O) groups is 1. The first kappa shape index (κ1) is 15.1. The molecule has 2 rings (SSSR count). The molecule has 7 heteroatoms. The lowest BCUT2D eigenvalue weighted by Crippen LogP contribution is -2.10. The highest BCUT2D eigenvalue weighted by atomic mass is 32.2. The van der Waals surface area contributed by atoms with Gasteiger partial charge in [-0.2, -0.15) is 0 Å². The van der Waals surface area contributed by atoms with E-state index in [0.29, 0.717) is 29.0 Å². The highest BCUT2D eigenvalue weighted by Gasteiger charge is 2.09. The van der Waals surface area contributed by atoms with Crippen molar-refractivity contribution in [1.29, 1.82) is 0 Å². The molecule has 6 nitrogen and oxygen atoms in total. The van der Waals surface area contributed by atoms with E-state index >= 15 is 0 Å². The predicted molar refractivity (Wildman–Crippen MR) is 79.2 cm³/mol. The number of aromatic nitrogens is 2. The smallest absolute Gasteiger partial charge is 0.339 e. The van der Waals surface area contributed by atoms with Crippen molar-refractivity contribution in [3.05, 3.63) is 51.9 Å². The quantitative estimate of drug-likeness (QED) is 0.481. The van der Waals surface area contributed by atoms with Crippen LogP contribution >= 0.6 is 11.8 Å².